The Bertz CT molecular complexity index is 703. The van der Waals surface area contributed by atoms with Gasteiger partial charge in [0.15, 0.2) is 0 Å². The van der Waals surface area contributed by atoms with Crippen molar-refractivity contribution in [2.24, 2.45) is 5.73 Å². The third-order valence-corrected chi connectivity index (χ3v) is 4.43. The molecule has 0 aliphatic carbocycles. The van der Waals surface area contributed by atoms with Crippen LogP contribution < -0.4 is 16.0 Å². The predicted octanol–water partition coefficient (Wildman–Crippen LogP) is 3.40. The number of likely N-dealkylation sites (N-methyl/N-ethyl adjacent to an activating group) is 1. The molecule has 0 spiro atoms. The summed E-state index contributed by atoms with van der Waals surface area (Å²) in [4.78, 5) is 17.2. The summed E-state index contributed by atoms with van der Waals surface area (Å²) in [7, 11) is 0. The van der Waals surface area contributed by atoms with Crippen LogP contribution in [0.15, 0.2) is 41.0 Å². The van der Waals surface area contributed by atoms with E-state index in [2.05, 4.69) is 28.1 Å². The van der Waals surface area contributed by atoms with Gasteiger partial charge in [-0.2, -0.15) is 0 Å². The molecule has 1 saturated heterocycles. The van der Waals surface area contributed by atoms with Crippen molar-refractivity contribution >= 4 is 54.5 Å². The van der Waals surface area contributed by atoms with Crippen LogP contribution in [0.4, 0.5) is 11.4 Å². The first-order valence-electron chi connectivity index (χ1n) is 8.36. The smallest absolute Gasteiger partial charge is 0.258 e. The van der Waals surface area contributed by atoms with Gasteiger partial charge in [0.2, 0.25) is 0 Å². The van der Waals surface area contributed by atoms with Gasteiger partial charge < -0.3 is 25.3 Å². The fourth-order valence-electron chi connectivity index (χ4n) is 2.96. The number of anilines is 2. The Morgan fingerprint density at radius 2 is 1.81 bits per heavy atom. The molecule has 2 heterocycles. The zero-order valence-electron chi connectivity index (χ0n) is 15.2. The molecule has 1 aromatic heterocycles. The van der Waals surface area contributed by atoms with E-state index in [4.69, 9.17) is 10.2 Å². The number of benzene rings is 1. The summed E-state index contributed by atoms with van der Waals surface area (Å²) in [6, 6.07) is 9.60. The second-order valence-electron chi connectivity index (χ2n) is 5.90. The number of hydrogen-bond donors (Lipinski definition) is 2. The van der Waals surface area contributed by atoms with Gasteiger partial charge >= 0.3 is 0 Å². The molecule has 3 N–H and O–H groups in total. The van der Waals surface area contributed by atoms with Crippen LogP contribution in [0.2, 0.25) is 0 Å². The molecule has 3 rings (SSSR count). The average Bonchev–Trinajstić information content (AvgIpc) is 3.12. The summed E-state index contributed by atoms with van der Waals surface area (Å²) >= 11 is 0. The highest BCUT2D eigenvalue weighted by Gasteiger charge is 2.19. The number of halogens is 3. The molecule has 1 aromatic carbocycles. The number of nitrogens with zero attached hydrogens (tertiary/aromatic N) is 2. The van der Waals surface area contributed by atoms with Crippen LogP contribution in [0.25, 0.3) is 0 Å². The Morgan fingerprint density at radius 1 is 1.15 bits per heavy atom. The van der Waals surface area contributed by atoms with Gasteiger partial charge in [-0.25, -0.2) is 0 Å². The number of nitrogens with two attached hydrogens (primary N) is 1. The minimum absolute atomic E-state index is 0. The lowest BCUT2D eigenvalue weighted by Gasteiger charge is -2.36. The van der Waals surface area contributed by atoms with Crippen LogP contribution in [-0.4, -0.2) is 43.5 Å². The minimum atomic E-state index is -0.182. The number of piperazine rings is 1. The minimum Gasteiger partial charge on any atom is -0.467 e. The normalized spacial score (nSPS) is 13.8. The standard InChI is InChI=1S/C18H24N4O2.3ClH/c1-2-21-7-9-22(10-8-21)17-6-4-3-5-16(17)20-18(23)14-11-15(12-19)24-13-14;;;/h3-6,11,13H,2,7-10,12,19H2,1H3,(H,20,23);3*1H. The summed E-state index contributed by atoms with van der Waals surface area (Å²) in [6.45, 7) is 7.56. The topological polar surface area (TPSA) is 74.7 Å². The number of para-hydroxylation sites is 2. The molecule has 152 valence electrons. The number of rotatable bonds is 5. The molecule has 0 radical (unpaired) electrons. The Hall–Kier alpha value is -1.44. The number of nitrogens with one attached hydrogen (secondary N) is 1. The van der Waals surface area contributed by atoms with Crippen molar-refractivity contribution in [1.29, 1.82) is 0 Å². The van der Waals surface area contributed by atoms with Gasteiger partial charge in [-0.05, 0) is 24.7 Å². The van der Waals surface area contributed by atoms with Crippen molar-refractivity contribution in [3.63, 3.8) is 0 Å². The van der Waals surface area contributed by atoms with Crippen molar-refractivity contribution in [3.8, 4) is 0 Å². The molecular formula is C18H27Cl3N4O2. The van der Waals surface area contributed by atoms with Gasteiger partial charge in [-0.15, -0.1) is 37.2 Å². The molecule has 0 atom stereocenters. The van der Waals surface area contributed by atoms with E-state index in [0.717, 1.165) is 44.1 Å². The van der Waals surface area contributed by atoms with E-state index in [0.29, 0.717) is 11.3 Å². The summed E-state index contributed by atoms with van der Waals surface area (Å²) < 4.78 is 5.24. The fourth-order valence-corrected chi connectivity index (χ4v) is 2.96. The number of carbonyl (C=O) groups is 1. The molecule has 0 unspecified atom stereocenters. The summed E-state index contributed by atoms with van der Waals surface area (Å²) in [5.74, 6) is 0.419. The lowest BCUT2D eigenvalue weighted by Crippen LogP contribution is -2.46. The Balaban J connectivity index is 0.00000225. The first kappa shape index (κ1) is 25.6. The van der Waals surface area contributed by atoms with Crippen LogP contribution in [0.5, 0.6) is 0 Å². The van der Waals surface area contributed by atoms with E-state index in [1.54, 1.807) is 6.07 Å². The van der Waals surface area contributed by atoms with Crippen LogP contribution in [0.1, 0.15) is 23.0 Å². The Labute approximate surface area is 178 Å². The van der Waals surface area contributed by atoms with Crippen LogP contribution in [0.3, 0.4) is 0 Å². The molecule has 6 nitrogen and oxygen atoms in total. The maximum atomic E-state index is 12.4. The average molecular weight is 438 g/mol. The van der Waals surface area contributed by atoms with Crippen molar-refractivity contribution < 1.29 is 9.21 Å². The van der Waals surface area contributed by atoms with E-state index in [9.17, 15) is 4.79 Å². The highest BCUT2D eigenvalue weighted by Crippen LogP contribution is 2.27. The van der Waals surface area contributed by atoms with E-state index in [1.807, 2.05) is 18.2 Å². The van der Waals surface area contributed by atoms with Gasteiger partial charge in [-0.3, -0.25) is 4.79 Å². The maximum Gasteiger partial charge on any atom is 0.258 e. The van der Waals surface area contributed by atoms with E-state index >= 15 is 0 Å². The maximum absolute atomic E-state index is 12.4. The molecule has 9 heteroatoms. The number of hydrogen-bond acceptors (Lipinski definition) is 5. The Morgan fingerprint density at radius 3 is 2.41 bits per heavy atom. The van der Waals surface area contributed by atoms with Crippen molar-refractivity contribution in [2.75, 3.05) is 42.9 Å². The lowest BCUT2D eigenvalue weighted by molar-refractivity contribution is 0.102. The highest BCUT2D eigenvalue weighted by molar-refractivity contribution is 6.05. The first-order valence-corrected chi connectivity index (χ1v) is 8.36. The fraction of sp³-hybridized carbons (Fsp3) is 0.389. The summed E-state index contributed by atoms with van der Waals surface area (Å²) in [5.41, 5.74) is 7.89. The molecule has 1 amide bonds. The first-order chi connectivity index (χ1) is 11.7. The quantitative estimate of drug-likeness (QED) is 0.750. The van der Waals surface area contributed by atoms with Crippen LogP contribution in [0, 0.1) is 0 Å². The van der Waals surface area contributed by atoms with Gasteiger partial charge in [0, 0.05) is 26.2 Å². The SMILES string of the molecule is CCN1CCN(c2ccccc2NC(=O)c2coc(CN)c2)CC1.Cl.Cl.Cl. The lowest BCUT2D eigenvalue weighted by atomic mass is 10.2. The third-order valence-electron chi connectivity index (χ3n) is 4.43. The van der Waals surface area contributed by atoms with Crippen molar-refractivity contribution in [3.05, 3.63) is 47.9 Å². The Kier molecular flexibility index (Phi) is 11.5. The van der Waals surface area contributed by atoms with Crippen molar-refractivity contribution in [1.82, 2.24) is 4.90 Å². The third kappa shape index (κ3) is 6.30. The second kappa shape index (κ2) is 12.1. The second-order valence-corrected chi connectivity index (χ2v) is 5.90. The zero-order valence-corrected chi connectivity index (χ0v) is 17.7. The highest BCUT2D eigenvalue weighted by atomic mass is 35.5. The molecule has 0 bridgehead atoms. The van der Waals surface area contributed by atoms with Gasteiger partial charge in [0.25, 0.3) is 5.91 Å². The molecule has 1 aliphatic rings. The molecule has 2 aromatic rings. The number of furan rings is 1. The molecule has 27 heavy (non-hydrogen) atoms. The van der Waals surface area contributed by atoms with Crippen molar-refractivity contribution in [2.45, 2.75) is 13.5 Å². The van der Waals surface area contributed by atoms with Crippen LogP contribution >= 0.6 is 37.2 Å². The molecule has 1 fully saturated rings. The van der Waals surface area contributed by atoms with E-state index in [-0.39, 0.29) is 49.7 Å². The van der Waals surface area contributed by atoms with Crippen LogP contribution in [-0.2, 0) is 6.54 Å². The molecule has 0 saturated carbocycles. The largest absolute Gasteiger partial charge is 0.467 e. The molecular weight excluding hydrogens is 411 g/mol. The summed E-state index contributed by atoms with van der Waals surface area (Å²) in [5, 5.41) is 2.99. The van der Waals surface area contributed by atoms with E-state index in [1.165, 1.54) is 6.26 Å². The predicted molar refractivity (Wildman–Crippen MR) is 117 cm³/mol. The van der Waals surface area contributed by atoms with Gasteiger partial charge in [0.1, 0.15) is 12.0 Å². The number of carbonyl (C=O) groups excluding carboxylic acids is 1. The summed E-state index contributed by atoms with van der Waals surface area (Å²) in [6.07, 6.45) is 1.44. The monoisotopic (exact) mass is 436 g/mol. The molecule has 1 aliphatic heterocycles. The number of amides is 1. The van der Waals surface area contributed by atoms with Gasteiger partial charge in [-0.1, -0.05) is 19.1 Å². The van der Waals surface area contributed by atoms with Gasteiger partial charge in [0.05, 0.1) is 23.5 Å². The zero-order chi connectivity index (χ0) is 16.9. The van der Waals surface area contributed by atoms with E-state index < -0.39 is 0 Å².